The van der Waals surface area contributed by atoms with Crippen LogP contribution in [0.4, 0.5) is 10.2 Å². The molecule has 3 aromatic heterocycles. The van der Waals surface area contributed by atoms with E-state index in [4.69, 9.17) is 20.7 Å². The van der Waals surface area contributed by atoms with Crippen molar-refractivity contribution in [3.63, 3.8) is 0 Å². The molecule has 2 N–H and O–H groups in total. The fourth-order valence-electron chi connectivity index (χ4n) is 5.34. The van der Waals surface area contributed by atoms with Crippen molar-refractivity contribution >= 4 is 5.82 Å². The monoisotopic (exact) mass is 444 g/mol. The van der Waals surface area contributed by atoms with Crippen LogP contribution >= 0.6 is 0 Å². The maximum atomic E-state index is 14.4. The molecule has 0 spiro atoms. The normalized spacial score (nSPS) is 18.5. The number of rotatable bonds is 1. The lowest BCUT2D eigenvalue weighted by Crippen LogP contribution is -2.11. The van der Waals surface area contributed by atoms with E-state index in [0.29, 0.717) is 11.6 Å². The number of pyridine rings is 1. The van der Waals surface area contributed by atoms with E-state index in [1.807, 2.05) is 29.4 Å². The molecule has 33 heavy (non-hydrogen) atoms. The van der Waals surface area contributed by atoms with Gasteiger partial charge < -0.3 is 10.5 Å². The molecule has 1 aliphatic heterocycles. The Balaban J connectivity index is 1.70. The first-order valence-electron chi connectivity index (χ1n) is 11.3. The highest BCUT2D eigenvalue weighted by Crippen LogP contribution is 2.48. The number of fused-ring (bicyclic) bond motifs is 7. The first-order chi connectivity index (χ1) is 15.9. The van der Waals surface area contributed by atoms with Crippen molar-refractivity contribution in [3.8, 4) is 28.3 Å². The van der Waals surface area contributed by atoms with Crippen LogP contribution in [-0.2, 0) is 20.0 Å². The van der Waals surface area contributed by atoms with Crippen LogP contribution in [0.5, 0.6) is 5.75 Å². The second-order valence-corrected chi connectivity index (χ2v) is 8.82. The van der Waals surface area contributed by atoms with E-state index in [-0.39, 0.29) is 11.7 Å². The lowest BCUT2D eigenvalue weighted by atomic mass is 9.88. The maximum Gasteiger partial charge on any atom is 0.166 e. The van der Waals surface area contributed by atoms with E-state index in [2.05, 4.69) is 18.1 Å². The number of aryl methyl sites for hydroxylation is 3. The molecular weight excluding hydrogens is 419 g/mol. The molecule has 0 saturated heterocycles. The number of benzene rings is 1. The van der Waals surface area contributed by atoms with Gasteiger partial charge in [0.1, 0.15) is 11.9 Å². The average molecular weight is 445 g/mol. The first-order valence-corrected chi connectivity index (χ1v) is 11.3. The molecule has 2 atom stereocenters. The van der Waals surface area contributed by atoms with Gasteiger partial charge in [0.05, 0.1) is 17.1 Å². The maximum absolute atomic E-state index is 14.4. The minimum atomic E-state index is -0.459. The van der Waals surface area contributed by atoms with Crippen molar-refractivity contribution in [2.24, 2.45) is 7.05 Å². The number of anilines is 1. The molecule has 4 aromatic rings. The Labute approximate surface area is 191 Å². The molecule has 4 heterocycles. The molecule has 2 aliphatic rings. The van der Waals surface area contributed by atoms with Gasteiger partial charge in [0, 0.05) is 59.7 Å². The number of ether oxygens (including phenoxy) is 1. The summed E-state index contributed by atoms with van der Waals surface area (Å²) in [4.78, 5) is 4.44. The third-order valence-corrected chi connectivity index (χ3v) is 6.78. The minimum Gasteiger partial charge on any atom is -0.482 e. The minimum absolute atomic E-state index is 0.133. The van der Waals surface area contributed by atoms with Gasteiger partial charge in [-0.15, -0.1) is 0 Å². The summed E-state index contributed by atoms with van der Waals surface area (Å²) in [6.07, 6.45) is 5.26. The molecule has 0 fully saturated rings. The van der Waals surface area contributed by atoms with E-state index in [1.165, 1.54) is 17.7 Å². The second-order valence-electron chi connectivity index (χ2n) is 8.82. The molecule has 1 unspecified atom stereocenters. The van der Waals surface area contributed by atoms with Crippen molar-refractivity contribution in [1.29, 1.82) is 0 Å². The van der Waals surface area contributed by atoms with Gasteiger partial charge in [0.25, 0.3) is 0 Å². The number of nitrogens with two attached hydrogens (primary N) is 1. The predicted molar refractivity (Wildman–Crippen MR) is 123 cm³/mol. The fraction of sp³-hybridized carbons (Fsp3) is 0.320. The van der Waals surface area contributed by atoms with Crippen molar-refractivity contribution in [2.75, 3.05) is 5.73 Å². The SMILES string of the molecule is CCn1nc2c3c1-c1cnc(N)c(c1)O[C@H](C)c1cc(F)ccc1-c1nn(C)cc1C3CC2. The molecule has 1 aromatic carbocycles. The fourth-order valence-corrected chi connectivity index (χ4v) is 5.34. The van der Waals surface area contributed by atoms with Crippen LogP contribution in [0.3, 0.4) is 0 Å². The van der Waals surface area contributed by atoms with Crippen LogP contribution in [0.25, 0.3) is 22.5 Å². The molecule has 2 bridgehead atoms. The van der Waals surface area contributed by atoms with Gasteiger partial charge in [0.15, 0.2) is 11.6 Å². The third-order valence-electron chi connectivity index (χ3n) is 6.78. The molecule has 6 rings (SSSR count). The Bertz CT molecular complexity index is 1400. The topological polar surface area (TPSA) is 83.8 Å². The van der Waals surface area contributed by atoms with E-state index in [1.54, 1.807) is 12.3 Å². The number of hydrogen-bond donors (Lipinski definition) is 1. The van der Waals surface area contributed by atoms with Gasteiger partial charge >= 0.3 is 0 Å². The number of nitrogens with zero attached hydrogens (tertiary/aromatic N) is 5. The van der Waals surface area contributed by atoms with Gasteiger partial charge in [0.2, 0.25) is 0 Å². The highest BCUT2D eigenvalue weighted by molar-refractivity contribution is 5.74. The number of hydrogen-bond acceptors (Lipinski definition) is 5. The summed E-state index contributed by atoms with van der Waals surface area (Å²) in [5.74, 6) is 0.593. The van der Waals surface area contributed by atoms with Crippen molar-refractivity contribution in [2.45, 2.75) is 45.3 Å². The summed E-state index contributed by atoms with van der Waals surface area (Å²) in [7, 11) is 1.92. The summed E-state index contributed by atoms with van der Waals surface area (Å²) in [6, 6.07) is 6.74. The highest BCUT2D eigenvalue weighted by atomic mass is 19.1. The van der Waals surface area contributed by atoms with Gasteiger partial charge in [-0.3, -0.25) is 9.36 Å². The molecule has 1 aliphatic carbocycles. The van der Waals surface area contributed by atoms with Crippen LogP contribution in [-0.4, -0.2) is 24.5 Å². The van der Waals surface area contributed by atoms with Gasteiger partial charge in [-0.25, -0.2) is 9.37 Å². The lowest BCUT2D eigenvalue weighted by molar-refractivity contribution is 0.227. The second kappa shape index (κ2) is 7.16. The quantitative estimate of drug-likeness (QED) is 0.463. The van der Waals surface area contributed by atoms with Gasteiger partial charge in [-0.1, -0.05) is 0 Å². The Morgan fingerprint density at radius 2 is 2.06 bits per heavy atom. The lowest BCUT2D eigenvalue weighted by Gasteiger charge is -2.22. The Morgan fingerprint density at radius 3 is 2.88 bits per heavy atom. The zero-order chi connectivity index (χ0) is 22.9. The van der Waals surface area contributed by atoms with Gasteiger partial charge in [-0.2, -0.15) is 10.2 Å². The number of aromatic nitrogens is 5. The van der Waals surface area contributed by atoms with Crippen LogP contribution in [0.2, 0.25) is 0 Å². The summed E-state index contributed by atoms with van der Waals surface area (Å²) in [5.41, 5.74) is 14.0. The van der Waals surface area contributed by atoms with E-state index in [0.717, 1.165) is 58.7 Å². The van der Waals surface area contributed by atoms with E-state index in [9.17, 15) is 4.39 Å². The van der Waals surface area contributed by atoms with Crippen molar-refractivity contribution < 1.29 is 9.13 Å². The molecule has 8 heteroatoms. The molecule has 0 saturated carbocycles. The zero-order valence-corrected chi connectivity index (χ0v) is 18.8. The summed E-state index contributed by atoms with van der Waals surface area (Å²) in [5, 5.41) is 9.75. The van der Waals surface area contributed by atoms with Crippen LogP contribution in [0.15, 0.2) is 36.7 Å². The van der Waals surface area contributed by atoms with Crippen molar-refractivity contribution in [3.05, 3.63) is 64.9 Å². The highest BCUT2D eigenvalue weighted by Gasteiger charge is 2.36. The molecular formula is C25H25FN6O. The summed E-state index contributed by atoms with van der Waals surface area (Å²) >= 11 is 0. The summed E-state index contributed by atoms with van der Waals surface area (Å²) in [6.45, 7) is 4.73. The Hall–Kier alpha value is -3.68. The Kier molecular flexibility index (Phi) is 4.33. The van der Waals surface area contributed by atoms with Crippen LogP contribution < -0.4 is 10.5 Å². The smallest absolute Gasteiger partial charge is 0.166 e. The summed E-state index contributed by atoms with van der Waals surface area (Å²) < 4.78 is 24.5. The van der Waals surface area contributed by atoms with Crippen LogP contribution in [0, 0.1) is 5.82 Å². The molecule has 0 amide bonds. The molecule has 168 valence electrons. The largest absolute Gasteiger partial charge is 0.482 e. The molecule has 7 nitrogen and oxygen atoms in total. The average Bonchev–Trinajstić information content (AvgIpc) is 3.47. The van der Waals surface area contributed by atoms with Gasteiger partial charge in [-0.05, 0) is 51.0 Å². The van der Waals surface area contributed by atoms with Crippen molar-refractivity contribution in [1.82, 2.24) is 24.5 Å². The first kappa shape index (κ1) is 20.0. The Morgan fingerprint density at radius 1 is 1.21 bits per heavy atom. The number of nitrogen functional groups attached to an aromatic ring is 1. The zero-order valence-electron chi connectivity index (χ0n) is 18.8. The number of halogens is 1. The molecule has 0 radical (unpaired) electrons. The third kappa shape index (κ3) is 2.97. The van der Waals surface area contributed by atoms with Crippen LogP contribution in [0.1, 0.15) is 54.7 Å². The van der Waals surface area contributed by atoms with E-state index < -0.39 is 6.10 Å². The standard InChI is InChI=1S/C25H25FN6O/c1-4-32-24-14-9-21(25(27)28-11-14)33-13(2)18-10-15(26)5-6-17(18)23-19(12-31(3)30-23)16-7-8-20(29-32)22(16)24/h5-6,9-13,16H,4,7-8H2,1-3H3,(H2,27,28)/t13-,16?/m1/s1. The van der Waals surface area contributed by atoms with E-state index >= 15 is 0 Å². The predicted octanol–water partition coefficient (Wildman–Crippen LogP) is 4.62.